The van der Waals surface area contributed by atoms with Gasteiger partial charge in [0.15, 0.2) is 0 Å². The molecule has 16 heavy (non-hydrogen) atoms. The number of hydrogen-bond donors (Lipinski definition) is 2. The third-order valence-corrected chi connectivity index (χ3v) is 3.09. The van der Waals surface area contributed by atoms with Gasteiger partial charge in [0.2, 0.25) is 0 Å². The Kier molecular flexibility index (Phi) is 5.99. The van der Waals surface area contributed by atoms with Crippen LogP contribution >= 0.6 is 11.3 Å². The van der Waals surface area contributed by atoms with Crippen LogP contribution < -0.4 is 5.32 Å². The van der Waals surface area contributed by atoms with Gasteiger partial charge in [0.1, 0.15) is 0 Å². The van der Waals surface area contributed by atoms with Crippen molar-refractivity contribution in [1.29, 1.82) is 0 Å². The van der Waals surface area contributed by atoms with Crippen molar-refractivity contribution in [2.75, 3.05) is 13.2 Å². The predicted octanol–water partition coefficient (Wildman–Crippen LogP) is 1.91. The van der Waals surface area contributed by atoms with Gasteiger partial charge >= 0.3 is 5.00 Å². The average molecular weight is 244 g/mol. The molecular formula is C10H16N2O3S. The van der Waals surface area contributed by atoms with Crippen LogP contribution in [0.2, 0.25) is 0 Å². The first kappa shape index (κ1) is 13.1. The molecule has 0 spiro atoms. The van der Waals surface area contributed by atoms with Crippen molar-refractivity contribution >= 4 is 16.3 Å². The minimum atomic E-state index is -0.366. The van der Waals surface area contributed by atoms with Gasteiger partial charge in [0, 0.05) is 24.6 Å². The Morgan fingerprint density at radius 3 is 2.88 bits per heavy atom. The van der Waals surface area contributed by atoms with E-state index in [0.717, 1.165) is 42.7 Å². The van der Waals surface area contributed by atoms with E-state index < -0.39 is 0 Å². The van der Waals surface area contributed by atoms with Gasteiger partial charge in [-0.05, 0) is 31.4 Å². The fourth-order valence-corrected chi connectivity index (χ4v) is 2.05. The standard InChI is InChI=1S/C10H16N2O3S/c13-5-3-1-2-4-11-7-9-6-10(12(14)15)16-8-9/h6,8,11,13H,1-5,7H2. The van der Waals surface area contributed by atoms with Crippen LogP contribution in [0.15, 0.2) is 11.4 Å². The molecule has 0 radical (unpaired) electrons. The van der Waals surface area contributed by atoms with E-state index in [1.54, 1.807) is 11.4 Å². The van der Waals surface area contributed by atoms with Crippen LogP contribution in [-0.4, -0.2) is 23.2 Å². The summed E-state index contributed by atoms with van der Waals surface area (Å²) in [5, 5.41) is 24.2. The maximum atomic E-state index is 10.4. The average Bonchev–Trinajstić information content (AvgIpc) is 2.72. The fourth-order valence-electron chi connectivity index (χ4n) is 1.32. The van der Waals surface area contributed by atoms with E-state index in [2.05, 4.69) is 5.32 Å². The van der Waals surface area contributed by atoms with Gasteiger partial charge in [-0.2, -0.15) is 0 Å². The molecule has 1 aromatic rings. The molecule has 0 aliphatic carbocycles. The molecule has 2 N–H and O–H groups in total. The third-order valence-electron chi connectivity index (χ3n) is 2.16. The molecule has 0 fully saturated rings. The van der Waals surface area contributed by atoms with Crippen molar-refractivity contribution in [2.24, 2.45) is 0 Å². The number of aliphatic hydroxyl groups excluding tert-OH is 1. The van der Waals surface area contributed by atoms with Crippen LogP contribution in [0.25, 0.3) is 0 Å². The molecule has 0 atom stereocenters. The fraction of sp³-hybridized carbons (Fsp3) is 0.600. The highest BCUT2D eigenvalue weighted by Crippen LogP contribution is 2.22. The Hall–Kier alpha value is -0.980. The lowest BCUT2D eigenvalue weighted by Gasteiger charge is -2.01. The molecule has 0 aromatic carbocycles. The molecule has 0 bridgehead atoms. The maximum Gasteiger partial charge on any atom is 0.324 e. The largest absolute Gasteiger partial charge is 0.396 e. The molecule has 1 rings (SSSR count). The molecule has 0 saturated carbocycles. The van der Waals surface area contributed by atoms with Gasteiger partial charge in [-0.3, -0.25) is 10.1 Å². The summed E-state index contributed by atoms with van der Waals surface area (Å²) in [5.74, 6) is 0. The van der Waals surface area contributed by atoms with Crippen LogP contribution in [0.3, 0.4) is 0 Å². The molecule has 1 heterocycles. The number of nitro groups is 1. The number of unbranched alkanes of at least 4 members (excludes halogenated alkanes) is 2. The summed E-state index contributed by atoms with van der Waals surface area (Å²) in [5.41, 5.74) is 0.957. The summed E-state index contributed by atoms with van der Waals surface area (Å²) in [6.07, 6.45) is 2.87. The number of thiophene rings is 1. The molecule has 0 aliphatic heterocycles. The van der Waals surface area contributed by atoms with E-state index in [1.165, 1.54) is 0 Å². The Labute approximate surface area is 98.3 Å². The minimum absolute atomic E-state index is 0.192. The van der Waals surface area contributed by atoms with E-state index in [-0.39, 0.29) is 16.5 Å². The molecule has 6 heteroatoms. The van der Waals surface area contributed by atoms with Crippen LogP contribution in [0.1, 0.15) is 24.8 Å². The second kappa shape index (κ2) is 7.32. The molecular weight excluding hydrogens is 228 g/mol. The molecule has 0 amide bonds. The van der Waals surface area contributed by atoms with E-state index in [1.807, 2.05) is 0 Å². The Morgan fingerprint density at radius 1 is 1.44 bits per heavy atom. The van der Waals surface area contributed by atoms with Crippen molar-refractivity contribution < 1.29 is 10.0 Å². The summed E-state index contributed by atoms with van der Waals surface area (Å²) < 4.78 is 0. The molecule has 0 aliphatic rings. The van der Waals surface area contributed by atoms with Crippen molar-refractivity contribution in [3.63, 3.8) is 0 Å². The van der Waals surface area contributed by atoms with Gasteiger partial charge in [-0.15, -0.1) is 0 Å². The number of nitrogens with zero attached hydrogens (tertiary/aromatic N) is 1. The summed E-state index contributed by atoms with van der Waals surface area (Å²) in [6.45, 7) is 1.80. The van der Waals surface area contributed by atoms with E-state index in [9.17, 15) is 10.1 Å². The molecule has 0 saturated heterocycles. The Bertz CT molecular complexity index is 328. The summed E-state index contributed by atoms with van der Waals surface area (Å²) >= 11 is 1.16. The van der Waals surface area contributed by atoms with Gasteiger partial charge in [-0.25, -0.2) is 0 Å². The topological polar surface area (TPSA) is 75.4 Å². The number of nitrogens with one attached hydrogen (secondary N) is 1. The van der Waals surface area contributed by atoms with E-state index >= 15 is 0 Å². The van der Waals surface area contributed by atoms with Crippen molar-refractivity contribution in [3.8, 4) is 0 Å². The number of hydrogen-bond acceptors (Lipinski definition) is 5. The van der Waals surface area contributed by atoms with Crippen LogP contribution in [-0.2, 0) is 6.54 Å². The molecule has 0 unspecified atom stereocenters. The zero-order chi connectivity index (χ0) is 11.8. The lowest BCUT2D eigenvalue weighted by Crippen LogP contribution is -2.14. The van der Waals surface area contributed by atoms with Crippen molar-refractivity contribution in [3.05, 3.63) is 27.1 Å². The minimum Gasteiger partial charge on any atom is -0.396 e. The van der Waals surface area contributed by atoms with Gasteiger partial charge in [-0.1, -0.05) is 11.3 Å². The van der Waals surface area contributed by atoms with Crippen LogP contribution in [0, 0.1) is 10.1 Å². The smallest absolute Gasteiger partial charge is 0.324 e. The highest BCUT2D eigenvalue weighted by Gasteiger charge is 2.08. The number of rotatable bonds is 8. The number of aliphatic hydroxyl groups is 1. The monoisotopic (exact) mass is 244 g/mol. The normalized spacial score (nSPS) is 10.6. The summed E-state index contributed by atoms with van der Waals surface area (Å²) in [6, 6.07) is 1.60. The van der Waals surface area contributed by atoms with E-state index in [4.69, 9.17) is 5.11 Å². The summed E-state index contributed by atoms with van der Waals surface area (Å²) in [4.78, 5) is 10.1. The zero-order valence-corrected chi connectivity index (χ0v) is 9.83. The molecule has 1 aromatic heterocycles. The van der Waals surface area contributed by atoms with E-state index in [0.29, 0.717) is 6.54 Å². The molecule has 90 valence electrons. The lowest BCUT2D eigenvalue weighted by atomic mass is 10.2. The summed E-state index contributed by atoms with van der Waals surface area (Å²) in [7, 11) is 0. The second-order valence-electron chi connectivity index (χ2n) is 3.51. The second-order valence-corrected chi connectivity index (χ2v) is 4.40. The predicted molar refractivity (Wildman–Crippen MR) is 63.6 cm³/mol. The van der Waals surface area contributed by atoms with Gasteiger partial charge in [0.25, 0.3) is 0 Å². The molecule has 5 nitrogen and oxygen atoms in total. The first-order valence-corrected chi connectivity index (χ1v) is 6.15. The third kappa shape index (κ3) is 4.69. The van der Waals surface area contributed by atoms with Gasteiger partial charge in [0.05, 0.1) is 4.92 Å². The Morgan fingerprint density at radius 2 is 2.25 bits per heavy atom. The quantitative estimate of drug-likeness (QED) is 0.416. The highest BCUT2D eigenvalue weighted by molar-refractivity contribution is 7.13. The first-order valence-electron chi connectivity index (χ1n) is 5.27. The van der Waals surface area contributed by atoms with Crippen LogP contribution in [0.5, 0.6) is 0 Å². The maximum absolute atomic E-state index is 10.4. The van der Waals surface area contributed by atoms with Crippen molar-refractivity contribution in [1.82, 2.24) is 5.32 Å². The Balaban J connectivity index is 2.14. The highest BCUT2D eigenvalue weighted by atomic mass is 32.1. The van der Waals surface area contributed by atoms with Crippen molar-refractivity contribution in [2.45, 2.75) is 25.8 Å². The lowest BCUT2D eigenvalue weighted by molar-refractivity contribution is -0.380. The van der Waals surface area contributed by atoms with Gasteiger partial charge < -0.3 is 10.4 Å². The zero-order valence-electron chi connectivity index (χ0n) is 9.02. The SMILES string of the molecule is O=[N+]([O-])c1cc(CNCCCCCO)cs1. The van der Waals surface area contributed by atoms with Crippen LogP contribution in [0.4, 0.5) is 5.00 Å². The first-order chi connectivity index (χ1) is 7.74.